The van der Waals surface area contributed by atoms with Crippen molar-refractivity contribution in [2.75, 3.05) is 6.54 Å². The minimum absolute atomic E-state index is 0.0230. The molecule has 0 unspecified atom stereocenters. The highest BCUT2D eigenvalue weighted by molar-refractivity contribution is 5.50. The molecule has 0 amide bonds. The maximum atomic E-state index is 10.4. The first-order valence-electron chi connectivity index (χ1n) is 5.94. The monoisotopic (exact) mass is 219 g/mol. The van der Waals surface area contributed by atoms with Gasteiger partial charge >= 0.3 is 0 Å². The molecule has 0 radical (unpaired) electrons. The quantitative estimate of drug-likeness (QED) is 0.803. The Kier molecular flexibility index (Phi) is 2.50. The molecule has 3 N–H and O–H groups in total. The largest absolute Gasteiger partial charge is 0.507 e. The number of hydrogen-bond donors (Lipinski definition) is 2. The Balaban J connectivity index is 2.50. The molecule has 2 heteroatoms. The van der Waals surface area contributed by atoms with Crippen molar-refractivity contribution in [2.45, 2.75) is 44.4 Å². The zero-order chi connectivity index (χ0) is 12.0. The first-order chi connectivity index (χ1) is 7.41. The average molecular weight is 219 g/mol. The molecule has 1 aromatic carbocycles. The second kappa shape index (κ2) is 3.49. The van der Waals surface area contributed by atoms with Crippen LogP contribution in [0.1, 0.15) is 44.7 Å². The summed E-state index contributed by atoms with van der Waals surface area (Å²) in [6, 6.07) is 6.06. The Morgan fingerprint density at radius 2 is 1.94 bits per heavy atom. The fourth-order valence-electron chi connectivity index (χ4n) is 2.31. The molecule has 0 aliphatic heterocycles. The molecule has 1 aromatic rings. The van der Waals surface area contributed by atoms with Gasteiger partial charge in [0.1, 0.15) is 5.75 Å². The van der Waals surface area contributed by atoms with Gasteiger partial charge in [0.2, 0.25) is 0 Å². The second-order valence-corrected chi connectivity index (χ2v) is 5.94. The number of benzene rings is 1. The van der Waals surface area contributed by atoms with E-state index in [4.69, 9.17) is 5.73 Å². The second-order valence-electron chi connectivity index (χ2n) is 5.94. The molecule has 16 heavy (non-hydrogen) atoms. The molecule has 2 nitrogen and oxygen atoms in total. The average Bonchev–Trinajstić information content (AvgIpc) is 2.97. The third-order valence-electron chi connectivity index (χ3n) is 3.66. The molecule has 1 aliphatic rings. The number of hydrogen-bond acceptors (Lipinski definition) is 2. The molecule has 2 rings (SSSR count). The summed E-state index contributed by atoms with van der Waals surface area (Å²) in [6.07, 6.45) is 2.20. The lowest BCUT2D eigenvalue weighted by atomic mass is 9.82. The lowest BCUT2D eigenvalue weighted by Crippen LogP contribution is -2.21. The fraction of sp³-hybridized carbons (Fsp3) is 0.571. The molecule has 1 aliphatic carbocycles. The zero-order valence-electron chi connectivity index (χ0n) is 10.4. The third kappa shape index (κ3) is 1.71. The number of para-hydroxylation sites is 1. The Morgan fingerprint density at radius 1 is 1.31 bits per heavy atom. The molecule has 88 valence electrons. The van der Waals surface area contributed by atoms with E-state index >= 15 is 0 Å². The molecule has 0 aromatic heterocycles. The lowest BCUT2D eigenvalue weighted by molar-refractivity contribution is 0.433. The molecular weight excluding hydrogens is 198 g/mol. The molecular formula is C14H21NO. The van der Waals surface area contributed by atoms with E-state index in [1.807, 2.05) is 18.2 Å². The topological polar surface area (TPSA) is 46.2 Å². The predicted octanol–water partition coefficient (Wildman–Crippen LogP) is 2.68. The van der Waals surface area contributed by atoms with Gasteiger partial charge < -0.3 is 10.8 Å². The minimum atomic E-state index is -0.0230. The molecule has 0 spiro atoms. The van der Waals surface area contributed by atoms with E-state index in [1.54, 1.807) is 0 Å². The zero-order valence-corrected chi connectivity index (χ0v) is 10.4. The van der Waals surface area contributed by atoms with E-state index in [0.717, 1.165) is 24.0 Å². The maximum Gasteiger partial charge on any atom is 0.123 e. The summed E-state index contributed by atoms with van der Waals surface area (Å²) in [6.45, 7) is 6.99. The van der Waals surface area contributed by atoms with Gasteiger partial charge in [0, 0.05) is 17.5 Å². The molecule has 0 saturated heterocycles. The van der Waals surface area contributed by atoms with Gasteiger partial charge in [-0.2, -0.15) is 0 Å². The highest BCUT2D eigenvalue weighted by atomic mass is 16.3. The van der Waals surface area contributed by atoms with Crippen LogP contribution in [0.2, 0.25) is 0 Å². The van der Waals surface area contributed by atoms with E-state index < -0.39 is 0 Å². The molecule has 1 fully saturated rings. The van der Waals surface area contributed by atoms with Crippen molar-refractivity contribution in [1.82, 2.24) is 0 Å². The number of phenols is 1. The van der Waals surface area contributed by atoms with Crippen LogP contribution < -0.4 is 5.73 Å². The summed E-state index contributed by atoms with van der Waals surface area (Å²) in [5.74, 6) is 0.456. The Bertz CT molecular complexity index is 400. The summed E-state index contributed by atoms with van der Waals surface area (Å²) >= 11 is 0. The van der Waals surface area contributed by atoms with Crippen LogP contribution in [-0.4, -0.2) is 11.7 Å². The summed E-state index contributed by atoms with van der Waals surface area (Å²) in [5, 5.41) is 10.4. The molecule has 1 saturated carbocycles. The van der Waals surface area contributed by atoms with Crippen molar-refractivity contribution in [3.63, 3.8) is 0 Å². The summed E-state index contributed by atoms with van der Waals surface area (Å²) in [7, 11) is 0. The van der Waals surface area contributed by atoms with Gasteiger partial charge in [-0.3, -0.25) is 0 Å². The highest BCUT2D eigenvalue weighted by Gasteiger charge is 2.45. The first-order valence-corrected chi connectivity index (χ1v) is 5.94. The molecule has 0 bridgehead atoms. The third-order valence-corrected chi connectivity index (χ3v) is 3.66. The smallest absolute Gasteiger partial charge is 0.123 e. The van der Waals surface area contributed by atoms with Crippen molar-refractivity contribution in [2.24, 2.45) is 5.73 Å². The van der Waals surface area contributed by atoms with E-state index in [2.05, 4.69) is 20.8 Å². The summed E-state index contributed by atoms with van der Waals surface area (Å²) in [4.78, 5) is 0. The van der Waals surface area contributed by atoms with Crippen molar-refractivity contribution < 1.29 is 5.11 Å². The van der Waals surface area contributed by atoms with Crippen LogP contribution in [0.4, 0.5) is 0 Å². The summed E-state index contributed by atoms with van der Waals surface area (Å²) < 4.78 is 0. The van der Waals surface area contributed by atoms with Crippen LogP contribution in [0.25, 0.3) is 0 Å². The molecule has 0 heterocycles. The minimum Gasteiger partial charge on any atom is -0.507 e. The number of phenolic OH excluding ortho intramolecular Hbond substituents is 1. The van der Waals surface area contributed by atoms with Gasteiger partial charge in [0.15, 0.2) is 0 Å². The van der Waals surface area contributed by atoms with Crippen molar-refractivity contribution in [3.8, 4) is 5.75 Å². The van der Waals surface area contributed by atoms with Gasteiger partial charge in [-0.25, -0.2) is 0 Å². The van der Waals surface area contributed by atoms with Crippen LogP contribution in [-0.2, 0) is 10.8 Å². The normalized spacial score (nSPS) is 18.5. The van der Waals surface area contributed by atoms with Crippen LogP contribution in [0.5, 0.6) is 5.75 Å². The van der Waals surface area contributed by atoms with Crippen LogP contribution in [0, 0.1) is 0 Å². The van der Waals surface area contributed by atoms with Gasteiger partial charge in [-0.1, -0.05) is 39.0 Å². The van der Waals surface area contributed by atoms with Crippen molar-refractivity contribution >= 4 is 0 Å². The van der Waals surface area contributed by atoms with Crippen LogP contribution in [0.3, 0.4) is 0 Å². The highest BCUT2D eigenvalue weighted by Crippen LogP contribution is 2.51. The predicted molar refractivity (Wildman–Crippen MR) is 66.8 cm³/mol. The van der Waals surface area contributed by atoms with Crippen molar-refractivity contribution in [1.29, 1.82) is 0 Å². The standard InChI is InChI=1S/C14H21NO/c1-13(2,3)10-5-4-6-11(12(10)16)14(9-15)7-8-14/h4-6,16H,7-9,15H2,1-3H3. The molecule has 0 atom stereocenters. The maximum absolute atomic E-state index is 10.4. The van der Waals surface area contributed by atoms with Gasteiger partial charge in [-0.05, 0) is 23.8 Å². The summed E-state index contributed by atoms with van der Waals surface area (Å²) in [5.41, 5.74) is 7.92. The van der Waals surface area contributed by atoms with Crippen LogP contribution >= 0.6 is 0 Å². The van der Waals surface area contributed by atoms with E-state index in [9.17, 15) is 5.11 Å². The fourth-order valence-corrected chi connectivity index (χ4v) is 2.31. The first kappa shape index (κ1) is 11.5. The van der Waals surface area contributed by atoms with E-state index in [-0.39, 0.29) is 10.8 Å². The number of nitrogens with two attached hydrogens (primary N) is 1. The Labute approximate surface area is 97.5 Å². The number of aromatic hydroxyl groups is 1. The lowest BCUT2D eigenvalue weighted by Gasteiger charge is -2.24. The van der Waals surface area contributed by atoms with E-state index in [0.29, 0.717) is 12.3 Å². The van der Waals surface area contributed by atoms with Gasteiger partial charge in [0.25, 0.3) is 0 Å². The number of rotatable bonds is 2. The SMILES string of the molecule is CC(C)(C)c1cccc(C2(CN)CC2)c1O. The Morgan fingerprint density at radius 3 is 2.38 bits per heavy atom. The van der Waals surface area contributed by atoms with E-state index in [1.165, 1.54) is 0 Å². The Hall–Kier alpha value is -1.02. The van der Waals surface area contributed by atoms with Crippen molar-refractivity contribution in [3.05, 3.63) is 29.3 Å². The van der Waals surface area contributed by atoms with Gasteiger partial charge in [-0.15, -0.1) is 0 Å². The van der Waals surface area contributed by atoms with Gasteiger partial charge in [0.05, 0.1) is 0 Å². The van der Waals surface area contributed by atoms with Crippen LogP contribution in [0.15, 0.2) is 18.2 Å².